The number of fused-ring (bicyclic) bond motifs is 2. The van der Waals surface area contributed by atoms with Crippen molar-refractivity contribution in [3.05, 3.63) is 127 Å². The van der Waals surface area contributed by atoms with Gasteiger partial charge in [0, 0.05) is 62.8 Å². The van der Waals surface area contributed by atoms with Crippen LogP contribution in [0.25, 0.3) is 33.4 Å². The molecular weight excluding hydrogens is 661 g/mol. The van der Waals surface area contributed by atoms with Gasteiger partial charge in [-0.2, -0.15) is 8.42 Å². The number of hydrogen-bond donors (Lipinski definition) is 3. The third kappa shape index (κ3) is 7.78. The smallest absolute Gasteiger partial charge is 0.295 e. The molecule has 0 amide bonds. The maximum absolute atomic E-state index is 12.6. The van der Waals surface area contributed by atoms with E-state index in [1.807, 2.05) is 72.8 Å². The molecular formula is C37H37N4O4S3+. The molecule has 6 rings (SSSR count). The van der Waals surface area contributed by atoms with Crippen LogP contribution in [-0.2, 0) is 10.1 Å². The first-order valence-electron chi connectivity index (χ1n) is 15.5. The van der Waals surface area contributed by atoms with Crippen molar-refractivity contribution in [1.82, 2.24) is 4.58 Å². The van der Waals surface area contributed by atoms with Crippen molar-refractivity contribution in [3.63, 3.8) is 0 Å². The fourth-order valence-corrected chi connectivity index (χ4v) is 8.20. The lowest BCUT2D eigenvalue weighted by Crippen LogP contribution is -2.34. The summed E-state index contributed by atoms with van der Waals surface area (Å²) in [7, 11) is -4.52. The minimum atomic E-state index is -4.52. The molecule has 0 aromatic heterocycles. The zero-order valence-corrected chi connectivity index (χ0v) is 28.7. The molecule has 0 fully saturated rings. The van der Waals surface area contributed by atoms with Gasteiger partial charge in [0.15, 0.2) is 12.4 Å². The second-order valence-electron chi connectivity index (χ2n) is 11.1. The Morgan fingerprint density at radius 2 is 1.44 bits per heavy atom. The monoisotopic (exact) mass is 697 g/mol. The van der Waals surface area contributed by atoms with Crippen molar-refractivity contribution in [2.75, 3.05) is 42.8 Å². The maximum Gasteiger partial charge on any atom is 0.295 e. The van der Waals surface area contributed by atoms with Gasteiger partial charge in [-0.25, -0.2) is 4.58 Å². The van der Waals surface area contributed by atoms with Gasteiger partial charge in [0.25, 0.3) is 10.1 Å². The summed E-state index contributed by atoms with van der Waals surface area (Å²) in [5, 5.41) is 1.64. The number of thioether (sulfide) groups is 2. The summed E-state index contributed by atoms with van der Waals surface area (Å²) in [5.41, 5.74) is 15.4. The second kappa shape index (κ2) is 15.4. The van der Waals surface area contributed by atoms with Crippen LogP contribution in [0.1, 0.15) is 0 Å². The molecule has 0 radical (unpaired) electrons. The Labute approximate surface area is 289 Å². The van der Waals surface area contributed by atoms with E-state index in [2.05, 4.69) is 33.7 Å². The Bertz CT molecular complexity index is 2160. The van der Waals surface area contributed by atoms with E-state index in [0.717, 1.165) is 31.8 Å². The first-order valence-corrected chi connectivity index (χ1v) is 18.9. The molecule has 0 spiro atoms. The van der Waals surface area contributed by atoms with Crippen LogP contribution in [0.3, 0.4) is 0 Å². The van der Waals surface area contributed by atoms with Crippen molar-refractivity contribution in [1.29, 1.82) is 0 Å². The van der Waals surface area contributed by atoms with Crippen molar-refractivity contribution in [2.24, 2.45) is 11.5 Å². The van der Waals surface area contributed by atoms with Gasteiger partial charge in [-0.3, -0.25) is 4.55 Å². The minimum Gasteiger partial charge on any atom is -0.456 e. The predicted molar refractivity (Wildman–Crippen MR) is 198 cm³/mol. The molecule has 8 nitrogen and oxygen atoms in total. The summed E-state index contributed by atoms with van der Waals surface area (Å²) in [5.74, 6) is 1.93. The van der Waals surface area contributed by atoms with Crippen LogP contribution in [0.2, 0.25) is 0 Å². The number of anilines is 1. The molecule has 2 aliphatic rings. The molecule has 11 heteroatoms. The van der Waals surface area contributed by atoms with Crippen LogP contribution in [0.4, 0.5) is 5.69 Å². The SMILES string of the molecule is NCCN(CSc1ccccc1)c1ccc2c(-c3ccccc3S(=O)(=O)O)c3cc/c(=[N+](\CCN)CSc4ccccc4)cc-3oc2c1. The largest absolute Gasteiger partial charge is 0.456 e. The van der Waals surface area contributed by atoms with Crippen LogP contribution in [0.15, 0.2) is 140 Å². The first kappa shape index (κ1) is 33.8. The Morgan fingerprint density at radius 3 is 2.12 bits per heavy atom. The van der Waals surface area contributed by atoms with E-state index in [-0.39, 0.29) is 4.90 Å². The maximum atomic E-state index is 12.6. The van der Waals surface area contributed by atoms with Crippen molar-refractivity contribution in [2.45, 2.75) is 14.7 Å². The Morgan fingerprint density at radius 1 is 0.750 bits per heavy atom. The topological polar surface area (TPSA) is 126 Å². The first-order chi connectivity index (χ1) is 23.4. The standard InChI is InChI=1S/C37H36N4O4S3/c38-19-21-40(25-46-29-9-3-1-4-10-29)27-15-17-31-34(23-27)45-35-24-28(41(22-20-39)26-47-30-11-5-2-6-12-30)16-18-32(35)37(31)33-13-7-8-14-36(33)48(42,43)44/h1-18,23-24H,19-22,25-26,38-39H2/p+1. The van der Waals surface area contributed by atoms with Crippen LogP contribution >= 0.6 is 23.5 Å². The summed E-state index contributed by atoms with van der Waals surface area (Å²) >= 11 is 3.43. The van der Waals surface area contributed by atoms with Gasteiger partial charge in [0.1, 0.15) is 16.2 Å². The minimum absolute atomic E-state index is 0.167. The number of nitrogens with two attached hydrogens (primary N) is 2. The summed E-state index contributed by atoms with van der Waals surface area (Å²) in [6, 6.07) is 38.8. The fraction of sp³-hybridized carbons (Fsp3) is 0.162. The van der Waals surface area contributed by atoms with Crippen molar-refractivity contribution in [3.8, 4) is 22.5 Å². The van der Waals surface area contributed by atoms with E-state index in [1.165, 1.54) is 6.07 Å². The zero-order chi connectivity index (χ0) is 33.5. The average molecular weight is 698 g/mol. The predicted octanol–water partition coefficient (Wildman–Crippen LogP) is 6.45. The van der Waals surface area contributed by atoms with Gasteiger partial charge >= 0.3 is 0 Å². The van der Waals surface area contributed by atoms with E-state index >= 15 is 0 Å². The third-order valence-corrected chi connectivity index (χ3v) is 10.9. The van der Waals surface area contributed by atoms with E-state index < -0.39 is 10.1 Å². The number of rotatable bonds is 13. The lowest BCUT2D eigenvalue weighted by Gasteiger charge is -2.25. The molecule has 1 aliphatic carbocycles. The highest BCUT2D eigenvalue weighted by Crippen LogP contribution is 2.43. The van der Waals surface area contributed by atoms with Crippen LogP contribution in [0.5, 0.6) is 0 Å². The quantitative estimate of drug-likeness (QED) is 0.0411. The molecule has 0 saturated carbocycles. The Balaban J connectivity index is 1.53. The highest BCUT2D eigenvalue weighted by atomic mass is 32.2. The van der Waals surface area contributed by atoms with E-state index in [1.54, 1.807) is 41.7 Å². The highest BCUT2D eigenvalue weighted by molar-refractivity contribution is 7.99. The molecule has 5 N–H and O–H groups in total. The van der Waals surface area contributed by atoms with Gasteiger partial charge in [-0.05, 0) is 48.5 Å². The highest BCUT2D eigenvalue weighted by Gasteiger charge is 2.24. The molecule has 246 valence electrons. The molecule has 48 heavy (non-hydrogen) atoms. The van der Waals surface area contributed by atoms with Crippen LogP contribution in [-0.4, -0.2) is 50.9 Å². The number of nitrogens with zero attached hydrogens (tertiary/aromatic N) is 2. The summed E-state index contributed by atoms with van der Waals surface area (Å²) in [6.07, 6.45) is 0. The van der Waals surface area contributed by atoms with Gasteiger partial charge in [-0.15, -0.1) is 11.8 Å². The molecule has 0 atom stereocenters. The molecule has 0 bridgehead atoms. The van der Waals surface area contributed by atoms with E-state index in [0.29, 0.717) is 60.4 Å². The van der Waals surface area contributed by atoms with Gasteiger partial charge in [-0.1, -0.05) is 66.4 Å². The average Bonchev–Trinajstić information content (AvgIpc) is 3.11. The molecule has 1 heterocycles. The normalized spacial score (nSPS) is 12.4. The summed E-state index contributed by atoms with van der Waals surface area (Å²) < 4.78 is 44.3. The van der Waals surface area contributed by atoms with Crippen molar-refractivity contribution < 1.29 is 17.4 Å². The fourth-order valence-electron chi connectivity index (χ4n) is 5.64. The molecule has 4 aromatic rings. The lowest BCUT2D eigenvalue weighted by atomic mass is 9.93. The van der Waals surface area contributed by atoms with Crippen LogP contribution < -0.4 is 26.3 Å². The van der Waals surface area contributed by atoms with Gasteiger partial charge in [0.05, 0.1) is 18.5 Å². The van der Waals surface area contributed by atoms with Gasteiger partial charge in [0.2, 0.25) is 5.36 Å². The molecule has 0 unspecified atom stereocenters. The van der Waals surface area contributed by atoms with E-state index in [9.17, 15) is 13.0 Å². The number of benzene rings is 5. The number of hydrogen-bond acceptors (Lipinski definition) is 8. The zero-order valence-electron chi connectivity index (χ0n) is 26.2. The summed E-state index contributed by atoms with van der Waals surface area (Å²) in [6.45, 7) is 2.20. The molecule has 0 saturated heterocycles. The molecule has 1 aliphatic heterocycles. The Kier molecular flexibility index (Phi) is 10.9. The van der Waals surface area contributed by atoms with Crippen molar-refractivity contribution >= 4 is 50.3 Å². The van der Waals surface area contributed by atoms with Gasteiger partial charge < -0.3 is 20.8 Å². The lowest BCUT2D eigenvalue weighted by molar-refractivity contribution is 0.483. The van der Waals surface area contributed by atoms with Crippen LogP contribution in [0, 0.1) is 0 Å². The third-order valence-electron chi connectivity index (χ3n) is 7.91. The second-order valence-corrected chi connectivity index (χ2v) is 14.5. The summed E-state index contributed by atoms with van der Waals surface area (Å²) in [4.78, 5) is 4.34. The van der Waals surface area contributed by atoms with E-state index in [4.69, 9.17) is 15.9 Å². The molecule has 4 aromatic carbocycles. The Hall–Kier alpha value is -4.10.